The third kappa shape index (κ3) is 4.99. The number of morpholine rings is 1. The molecule has 4 nitrogen and oxygen atoms in total. The Labute approximate surface area is 131 Å². The monoisotopic (exact) mass is 310 g/mol. The van der Waals surface area contributed by atoms with E-state index in [1.165, 1.54) is 0 Å². The fourth-order valence-electron chi connectivity index (χ4n) is 2.21. The van der Waals surface area contributed by atoms with E-state index in [4.69, 9.17) is 16.3 Å². The predicted molar refractivity (Wildman–Crippen MR) is 84.5 cm³/mol. The standard InChI is InChI=1S/C16H23ClN2O2/c1-16(2,3)18-10-15(20)19-8-9-21-14(11-19)12-4-6-13(17)7-5-12/h4-7,14,18H,8-11H2,1-3H3. The van der Waals surface area contributed by atoms with Crippen LogP contribution in [0.1, 0.15) is 32.4 Å². The number of hydrogen-bond acceptors (Lipinski definition) is 3. The van der Waals surface area contributed by atoms with Crippen molar-refractivity contribution in [3.8, 4) is 0 Å². The zero-order valence-electron chi connectivity index (χ0n) is 12.9. The van der Waals surface area contributed by atoms with E-state index in [9.17, 15) is 4.79 Å². The molecule has 0 aliphatic carbocycles. The second-order valence-electron chi connectivity index (χ2n) is 6.35. The van der Waals surface area contributed by atoms with Gasteiger partial charge in [0.15, 0.2) is 0 Å². The van der Waals surface area contributed by atoms with Gasteiger partial charge in [-0.25, -0.2) is 0 Å². The number of benzene rings is 1. The van der Waals surface area contributed by atoms with Gasteiger partial charge >= 0.3 is 0 Å². The van der Waals surface area contributed by atoms with Gasteiger partial charge in [-0.05, 0) is 38.5 Å². The molecule has 116 valence electrons. The van der Waals surface area contributed by atoms with Crippen LogP contribution < -0.4 is 5.32 Å². The van der Waals surface area contributed by atoms with Crippen LogP contribution in [-0.2, 0) is 9.53 Å². The van der Waals surface area contributed by atoms with E-state index in [0.29, 0.717) is 31.3 Å². The van der Waals surface area contributed by atoms with Crippen molar-refractivity contribution >= 4 is 17.5 Å². The maximum absolute atomic E-state index is 12.3. The Kier molecular flexibility index (Phi) is 5.25. The van der Waals surface area contributed by atoms with Gasteiger partial charge in [0.1, 0.15) is 6.10 Å². The molecule has 0 spiro atoms. The van der Waals surface area contributed by atoms with Crippen LogP contribution in [0.3, 0.4) is 0 Å². The molecule has 1 atom stereocenters. The normalized spacial score (nSPS) is 19.6. The average molecular weight is 311 g/mol. The predicted octanol–water partition coefficient (Wildman–Crippen LogP) is 2.63. The first-order valence-electron chi connectivity index (χ1n) is 7.25. The highest BCUT2D eigenvalue weighted by Crippen LogP contribution is 2.23. The van der Waals surface area contributed by atoms with E-state index in [0.717, 1.165) is 5.56 Å². The van der Waals surface area contributed by atoms with Crippen LogP contribution in [0.5, 0.6) is 0 Å². The molecule has 1 amide bonds. The zero-order chi connectivity index (χ0) is 15.5. The number of halogens is 1. The molecular weight excluding hydrogens is 288 g/mol. The van der Waals surface area contributed by atoms with Crippen LogP contribution in [0.25, 0.3) is 0 Å². The summed E-state index contributed by atoms with van der Waals surface area (Å²) in [4.78, 5) is 14.1. The molecule has 1 aliphatic rings. The first-order valence-corrected chi connectivity index (χ1v) is 7.63. The third-order valence-corrected chi connectivity index (χ3v) is 3.68. The highest BCUT2D eigenvalue weighted by molar-refractivity contribution is 6.30. The lowest BCUT2D eigenvalue weighted by atomic mass is 10.1. The van der Waals surface area contributed by atoms with Gasteiger partial charge in [-0.3, -0.25) is 4.79 Å². The fraction of sp³-hybridized carbons (Fsp3) is 0.562. The summed E-state index contributed by atoms with van der Waals surface area (Å²) in [6.45, 7) is 8.31. The molecule has 2 rings (SSSR count). The van der Waals surface area contributed by atoms with Gasteiger partial charge in [0.2, 0.25) is 5.91 Å². The molecule has 1 fully saturated rings. The first kappa shape index (κ1) is 16.3. The number of rotatable bonds is 3. The summed E-state index contributed by atoms with van der Waals surface area (Å²) in [7, 11) is 0. The number of nitrogens with zero attached hydrogens (tertiary/aromatic N) is 1. The van der Waals surface area contributed by atoms with Crippen LogP contribution in [0, 0.1) is 0 Å². The lowest BCUT2D eigenvalue weighted by Gasteiger charge is -2.34. The van der Waals surface area contributed by atoms with E-state index in [2.05, 4.69) is 26.1 Å². The highest BCUT2D eigenvalue weighted by atomic mass is 35.5. The van der Waals surface area contributed by atoms with Crippen molar-refractivity contribution < 1.29 is 9.53 Å². The number of ether oxygens (including phenoxy) is 1. The Balaban J connectivity index is 1.94. The van der Waals surface area contributed by atoms with Crippen molar-refractivity contribution in [2.24, 2.45) is 0 Å². The smallest absolute Gasteiger partial charge is 0.236 e. The first-order chi connectivity index (χ1) is 9.85. The van der Waals surface area contributed by atoms with Crippen molar-refractivity contribution in [2.45, 2.75) is 32.4 Å². The molecule has 5 heteroatoms. The Morgan fingerprint density at radius 3 is 2.67 bits per heavy atom. The minimum atomic E-state index is -0.0744. The Morgan fingerprint density at radius 1 is 1.38 bits per heavy atom. The second-order valence-corrected chi connectivity index (χ2v) is 6.79. The van der Waals surface area contributed by atoms with Gasteiger partial charge < -0.3 is 15.0 Å². The molecule has 1 unspecified atom stereocenters. The molecular formula is C16H23ClN2O2. The van der Waals surface area contributed by atoms with Crippen molar-refractivity contribution in [3.05, 3.63) is 34.9 Å². The van der Waals surface area contributed by atoms with E-state index in [-0.39, 0.29) is 17.6 Å². The Hall–Kier alpha value is -1.10. The van der Waals surface area contributed by atoms with Crippen molar-refractivity contribution in [1.82, 2.24) is 10.2 Å². The molecule has 1 aliphatic heterocycles. The molecule has 0 aromatic heterocycles. The summed E-state index contributed by atoms with van der Waals surface area (Å²) in [6.07, 6.45) is -0.0744. The third-order valence-electron chi connectivity index (χ3n) is 3.43. The summed E-state index contributed by atoms with van der Waals surface area (Å²) < 4.78 is 5.77. The summed E-state index contributed by atoms with van der Waals surface area (Å²) in [5, 5.41) is 3.94. The molecule has 1 aromatic rings. The molecule has 1 saturated heterocycles. The van der Waals surface area contributed by atoms with E-state index in [1.807, 2.05) is 29.2 Å². The van der Waals surface area contributed by atoms with Gasteiger partial charge in [0.25, 0.3) is 0 Å². The van der Waals surface area contributed by atoms with Crippen molar-refractivity contribution in [3.63, 3.8) is 0 Å². The Morgan fingerprint density at radius 2 is 2.05 bits per heavy atom. The summed E-state index contributed by atoms with van der Waals surface area (Å²) in [5.74, 6) is 0.118. The molecule has 1 aromatic carbocycles. The quantitative estimate of drug-likeness (QED) is 0.933. The summed E-state index contributed by atoms with van der Waals surface area (Å²) in [6, 6.07) is 7.60. The average Bonchev–Trinajstić information content (AvgIpc) is 2.45. The van der Waals surface area contributed by atoms with Gasteiger partial charge in [0.05, 0.1) is 19.7 Å². The maximum atomic E-state index is 12.3. The second kappa shape index (κ2) is 6.77. The molecule has 0 radical (unpaired) electrons. The Bertz CT molecular complexity index is 482. The summed E-state index contributed by atoms with van der Waals surface area (Å²) >= 11 is 5.90. The van der Waals surface area contributed by atoms with Crippen LogP contribution in [-0.4, -0.2) is 42.6 Å². The molecule has 0 bridgehead atoms. The number of nitrogens with one attached hydrogen (secondary N) is 1. The van der Waals surface area contributed by atoms with Crippen molar-refractivity contribution in [1.29, 1.82) is 0 Å². The minimum Gasteiger partial charge on any atom is -0.370 e. The van der Waals surface area contributed by atoms with Gasteiger partial charge in [0, 0.05) is 17.1 Å². The maximum Gasteiger partial charge on any atom is 0.236 e. The number of carbonyl (C=O) groups is 1. The number of carbonyl (C=O) groups excluding carboxylic acids is 1. The topological polar surface area (TPSA) is 41.6 Å². The van der Waals surface area contributed by atoms with E-state index < -0.39 is 0 Å². The van der Waals surface area contributed by atoms with Crippen molar-refractivity contribution in [2.75, 3.05) is 26.2 Å². The van der Waals surface area contributed by atoms with Crippen LogP contribution in [0.2, 0.25) is 5.02 Å². The van der Waals surface area contributed by atoms with E-state index >= 15 is 0 Å². The number of hydrogen-bond donors (Lipinski definition) is 1. The highest BCUT2D eigenvalue weighted by Gasteiger charge is 2.25. The largest absolute Gasteiger partial charge is 0.370 e. The van der Waals surface area contributed by atoms with Crippen LogP contribution >= 0.6 is 11.6 Å². The fourth-order valence-corrected chi connectivity index (χ4v) is 2.33. The molecule has 21 heavy (non-hydrogen) atoms. The lowest BCUT2D eigenvalue weighted by Crippen LogP contribution is -2.48. The van der Waals surface area contributed by atoms with Gasteiger partial charge in [-0.2, -0.15) is 0 Å². The SMILES string of the molecule is CC(C)(C)NCC(=O)N1CCOC(c2ccc(Cl)cc2)C1. The zero-order valence-corrected chi connectivity index (χ0v) is 13.6. The van der Waals surface area contributed by atoms with Crippen LogP contribution in [0.4, 0.5) is 0 Å². The van der Waals surface area contributed by atoms with Gasteiger partial charge in [-0.15, -0.1) is 0 Å². The molecule has 1 heterocycles. The molecule has 0 saturated carbocycles. The lowest BCUT2D eigenvalue weighted by molar-refractivity contribution is -0.138. The molecule has 1 N–H and O–H groups in total. The minimum absolute atomic E-state index is 0.0580. The van der Waals surface area contributed by atoms with Gasteiger partial charge in [-0.1, -0.05) is 23.7 Å². The van der Waals surface area contributed by atoms with Crippen LogP contribution in [0.15, 0.2) is 24.3 Å². The number of amides is 1. The summed E-state index contributed by atoms with van der Waals surface area (Å²) in [5.41, 5.74) is 0.998. The van der Waals surface area contributed by atoms with E-state index in [1.54, 1.807) is 0 Å².